The Balaban J connectivity index is 1.66. The molecule has 1 aromatic heterocycles. The number of carbonyl (C=O) groups is 1. The van der Waals surface area contributed by atoms with Gasteiger partial charge in [-0.1, -0.05) is 84.9 Å². The Bertz CT molecular complexity index is 1100. The van der Waals surface area contributed by atoms with Crippen LogP contribution in [0.4, 0.5) is 0 Å². The number of H-pyrrole nitrogens is 1. The second kappa shape index (κ2) is 7.46. The van der Waals surface area contributed by atoms with Gasteiger partial charge in [0.15, 0.2) is 5.78 Å². The molecule has 0 saturated carbocycles. The van der Waals surface area contributed by atoms with Gasteiger partial charge in [0.2, 0.25) is 0 Å². The first kappa shape index (κ1) is 17.0. The van der Waals surface area contributed by atoms with Gasteiger partial charge in [-0.2, -0.15) is 0 Å². The van der Waals surface area contributed by atoms with E-state index in [1.54, 1.807) is 6.92 Å². The number of rotatable bonds is 5. The van der Waals surface area contributed by atoms with Crippen LogP contribution < -0.4 is 0 Å². The first-order chi connectivity index (χ1) is 13.2. The number of fused-ring (bicyclic) bond motifs is 1. The van der Waals surface area contributed by atoms with Crippen molar-refractivity contribution in [3.05, 3.63) is 102 Å². The molecule has 0 aliphatic carbocycles. The highest BCUT2D eigenvalue weighted by Gasteiger charge is 2.11. The van der Waals surface area contributed by atoms with E-state index in [0.29, 0.717) is 0 Å². The zero-order valence-corrected chi connectivity index (χ0v) is 15.3. The van der Waals surface area contributed by atoms with Crippen LogP contribution in [0, 0.1) is 0 Å². The second-order valence-electron chi connectivity index (χ2n) is 6.67. The summed E-state index contributed by atoms with van der Waals surface area (Å²) in [6.07, 6.45) is 5.13. The number of benzene rings is 3. The smallest absolute Gasteiger partial charge is 0.159 e. The van der Waals surface area contributed by atoms with Gasteiger partial charge in [-0.15, -0.1) is 0 Å². The molecule has 0 fully saturated rings. The highest BCUT2D eigenvalue weighted by Crippen LogP contribution is 2.31. The van der Waals surface area contributed by atoms with Gasteiger partial charge < -0.3 is 4.98 Å². The molecule has 0 amide bonds. The average molecular weight is 351 g/mol. The van der Waals surface area contributed by atoms with E-state index in [4.69, 9.17) is 0 Å². The summed E-state index contributed by atoms with van der Waals surface area (Å²) >= 11 is 0. The third-order valence-corrected chi connectivity index (χ3v) is 4.83. The van der Waals surface area contributed by atoms with Gasteiger partial charge in [0.1, 0.15) is 0 Å². The van der Waals surface area contributed by atoms with E-state index in [0.717, 1.165) is 23.1 Å². The maximum absolute atomic E-state index is 11.4. The minimum Gasteiger partial charge on any atom is -0.354 e. The average Bonchev–Trinajstić information content (AvgIpc) is 3.08. The van der Waals surface area contributed by atoms with E-state index in [2.05, 4.69) is 65.7 Å². The van der Waals surface area contributed by atoms with E-state index in [-0.39, 0.29) is 5.78 Å². The Morgan fingerprint density at radius 3 is 2.33 bits per heavy atom. The largest absolute Gasteiger partial charge is 0.354 e. The number of aromatic amines is 1. The van der Waals surface area contributed by atoms with E-state index < -0.39 is 0 Å². The van der Waals surface area contributed by atoms with Crippen LogP contribution in [-0.4, -0.2) is 10.8 Å². The lowest BCUT2D eigenvalue weighted by Crippen LogP contribution is -1.90. The van der Waals surface area contributed by atoms with Crippen molar-refractivity contribution >= 4 is 22.8 Å². The molecule has 2 heteroatoms. The summed E-state index contributed by atoms with van der Waals surface area (Å²) in [5.74, 6) is 0.0943. The SMILES string of the molecule is CC(=O)c1ccc(/C=C/Cc2c(-c3ccccc3)[nH]c3ccccc23)cc1. The zero-order chi connectivity index (χ0) is 18.6. The van der Waals surface area contributed by atoms with Crippen molar-refractivity contribution in [2.24, 2.45) is 0 Å². The number of allylic oxidation sites excluding steroid dienone is 1. The van der Waals surface area contributed by atoms with Gasteiger partial charge in [0.05, 0.1) is 5.69 Å². The maximum Gasteiger partial charge on any atom is 0.159 e. The van der Waals surface area contributed by atoms with E-state index >= 15 is 0 Å². The first-order valence-electron chi connectivity index (χ1n) is 9.15. The molecule has 0 atom stereocenters. The topological polar surface area (TPSA) is 32.9 Å². The Labute approximate surface area is 159 Å². The predicted molar refractivity (Wildman–Crippen MR) is 113 cm³/mol. The molecule has 4 rings (SSSR count). The highest BCUT2D eigenvalue weighted by molar-refractivity contribution is 5.94. The van der Waals surface area contributed by atoms with Gasteiger partial charge in [0.25, 0.3) is 0 Å². The van der Waals surface area contributed by atoms with Crippen LogP contribution in [0.5, 0.6) is 0 Å². The summed E-state index contributed by atoms with van der Waals surface area (Å²) in [5.41, 5.74) is 6.67. The molecule has 3 aromatic carbocycles. The Morgan fingerprint density at radius 2 is 1.59 bits per heavy atom. The molecule has 0 bridgehead atoms. The number of carbonyl (C=O) groups excluding carboxylic acids is 1. The zero-order valence-electron chi connectivity index (χ0n) is 15.3. The van der Waals surface area contributed by atoms with Crippen molar-refractivity contribution in [2.75, 3.05) is 0 Å². The number of hydrogen-bond donors (Lipinski definition) is 1. The molecule has 0 radical (unpaired) electrons. The lowest BCUT2D eigenvalue weighted by molar-refractivity contribution is 0.101. The van der Waals surface area contributed by atoms with Gasteiger partial charge in [0, 0.05) is 16.5 Å². The third kappa shape index (κ3) is 3.61. The molecule has 4 aromatic rings. The molecule has 1 heterocycles. The van der Waals surface area contributed by atoms with Crippen LogP contribution in [0.15, 0.2) is 84.9 Å². The Morgan fingerprint density at radius 1 is 0.889 bits per heavy atom. The molecule has 27 heavy (non-hydrogen) atoms. The number of aromatic nitrogens is 1. The second-order valence-corrected chi connectivity index (χ2v) is 6.67. The molecular weight excluding hydrogens is 330 g/mol. The molecule has 0 saturated heterocycles. The van der Waals surface area contributed by atoms with Gasteiger partial charge in [-0.3, -0.25) is 4.79 Å². The third-order valence-electron chi connectivity index (χ3n) is 4.83. The molecule has 0 unspecified atom stereocenters. The molecule has 0 aliphatic rings. The van der Waals surface area contributed by atoms with Crippen molar-refractivity contribution in [3.8, 4) is 11.3 Å². The van der Waals surface area contributed by atoms with E-state index in [9.17, 15) is 4.79 Å². The van der Waals surface area contributed by atoms with Gasteiger partial charge in [-0.25, -0.2) is 0 Å². The standard InChI is InChI=1S/C25H21NO/c1-18(27)20-16-14-19(15-17-20)8-7-12-23-22-11-5-6-13-24(22)26-25(23)21-9-3-2-4-10-21/h2-11,13-17,26H,12H2,1H3/b8-7+. The highest BCUT2D eigenvalue weighted by atomic mass is 16.1. The minimum absolute atomic E-state index is 0.0943. The molecule has 2 nitrogen and oxygen atoms in total. The van der Waals surface area contributed by atoms with Gasteiger partial charge >= 0.3 is 0 Å². The summed E-state index contributed by atoms with van der Waals surface area (Å²) in [6.45, 7) is 1.59. The van der Waals surface area contributed by atoms with Crippen molar-refractivity contribution in [1.29, 1.82) is 0 Å². The van der Waals surface area contributed by atoms with Crippen LogP contribution >= 0.6 is 0 Å². The number of hydrogen-bond acceptors (Lipinski definition) is 1. The molecule has 0 aliphatic heterocycles. The number of Topliss-reactive ketones (excluding diaryl/α,β-unsaturated/α-hetero) is 1. The van der Waals surface area contributed by atoms with Crippen molar-refractivity contribution in [3.63, 3.8) is 0 Å². The number of ketones is 1. The summed E-state index contributed by atoms with van der Waals surface area (Å²) in [7, 11) is 0. The fourth-order valence-corrected chi connectivity index (χ4v) is 3.41. The van der Waals surface area contributed by atoms with Crippen LogP contribution in [0.25, 0.3) is 28.2 Å². The summed E-state index contributed by atoms with van der Waals surface area (Å²) in [6, 6.07) is 26.6. The van der Waals surface area contributed by atoms with Crippen LogP contribution in [0.2, 0.25) is 0 Å². The Kier molecular flexibility index (Phi) is 4.71. The lowest BCUT2D eigenvalue weighted by atomic mass is 10.0. The Hall–Kier alpha value is -3.39. The van der Waals surface area contributed by atoms with Gasteiger partial charge in [-0.05, 0) is 36.1 Å². The number of para-hydroxylation sites is 1. The molecule has 132 valence electrons. The van der Waals surface area contributed by atoms with E-state index in [1.807, 2.05) is 30.3 Å². The maximum atomic E-state index is 11.4. The summed E-state index contributed by atoms with van der Waals surface area (Å²) in [5, 5.41) is 1.26. The monoisotopic (exact) mass is 351 g/mol. The minimum atomic E-state index is 0.0943. The summed E-state index contributed by atoms with van der Waals surface area (Å²) in [4.78, 5) is 15.0. The molecule has 0 spiro atoms. The van der Waals surface area contributed by atoms with Crippen molar-refractivity contribution in [2.45, 2.75) is 13.3 Å². The molecular formula is C25H21NO. The fraction of sp³-hybridized carbons (Fsp3) is 0.0800. The molecule has 1 N–H and O–H groups in total. The van der Waals surface area contributed by atoms with Crippen molar-refractivity contribution < 1.29 is 4.79 Å². The van der Waals surface area contributed by atoms with Crippen molar-refractivity contribution in [1.82, 2.24) is 4.98 Å². The van der Waals surface area contributed by atoms with Crippen LogP contribution in [0.3, 0.4) is 0 Å². The quantitative estimate of drug-likeness (QED) is 0.421. The lowest BCUT2D eigenvalue weighted by Gasteiger charge is -2.03. The van der Waals surface area contributed by atoms with Crippen LogP contribution in [-0.2, 0) is 6.42 Å². The predicted octanol–water partition coefficient (Wildman–Crippen LogP) is 6.29. The fourth-order valence-electron chi connectivity index (χ4n) is 3.41. The van der Waals surface area contributed by atoms with Crippen LogP contribution in [0.1, 0.15) is 28.4 Å². The summed E-state index contributed by atoms with van der Waals surface area (Å²) < 4.78 is 0. The van der Waals surface area contributed by atoms with E-state index in [1.165, 1.54) is 22.2 Å². The number of nitrogens with one attached hydrogen (secondary N) is 1. The first-order valence-corrected chi connectivity index (χ1v) is 9.15. The normalized spacial score (nSPS) is 11.3.